The second-order valence-electron chi connectivity index (χ2n) is 8.67. The van der Waals surface area contributed by atoms with E-state index in [1.54, 1.807) is 0 Å². The van der Waals surface area contributed by atoms with Crippen molar-refractivity contribution in [3.05, 3.63) is 29.8 Å². The molecule has 1 N–H and O–H groups in total. The van der Waals surface area contributed by atoms with Crippen molar-refractivity contribution in [1.29, 1.82) is 0 Å². The maximum absolute atomic E-state index is 12.9. The first-order valence-corrected chi connectivity index (χ1v) is 10.9. The van der Waals surface area contributed by atoms with Crippen LogP contribution in [0.5, 0.6) is 0 Å². The van der Waals surface area contributed by atoms with Crippen LogP contribution in [-0.2, 0) is 19.6 Å². The summed E-state index contributed by atoms with van der Waals surface area (Å²) in [5.74, 6) is -0.444. The molecule has 1 aromatic rings. The molecule has 0 saturated carbocycles. The maximum Gasteiger partial charge on any atom is 0.338 e. The van der Waals surface area contributed by atoms with Gasteiger partial charge in [-0.2, -0.15) is 4.31 Å². The molecule has 1 fully saturated rings. The van der Waals surface area contributed by atoms with Crippen molar-refractivity contribution in [3.63, 3.8) is 0 Å². The van der Waals surface area contributed by atoms with Gasteiger partial charge in [0.25, 0.3) is 5.91 Å². The van der Waals surface area contributed by atoms with E-state index in [4.69, 9.17) is 4.74 Å². The van der Waals surface area contributed by atoms with Crippen molar-refractivity contribution >= 4 is 21.9 Å². The molecule has 2 rings (SSSR count). The van der Waals surface area contributed by atoms with Gasteiger partial charge in [-0.25, -0.2) is 13.2 Å². The third-order valence-electron chi connectivity index (χ3n) is 4.41. The van der Waals surface area contributed by atoms with Crippen LogP contribution >= 0.6 is 0 Å². The molecule has 0 unspecified atom stereocenters. The zero-order valence-corrected chi connectivity index (χ0v) is 18.0. The van der Waals surface area contributed by atoms with Crippen molar-refractivity contribution in [2.45, 2.75) is 51.5 Å². The van der Waals surface area contributed by atoms with Crippen LogP contribution in [0, 0.1) is 11.8 Å². The summed E-state index contributed by atoms with van der Waals surface area (Å²) >= 11 is 0. The lowest BCUT2D eigenvalue weighted by molar-refractivity contribution is -0.125. The Balaban J connectivity index is 2.02. The summed E-state index contributed by atoms with van der Waals surface area (Å²) in [6.07, 6.45) is 1.01. The zero-order chi connectivity index (χ0) is 21.1. The smallest absolute Gasteiger partial charge is 0.338 e. The van der Waals surface area contributed by atoms with Crippen LogP contribution in [0.25, 0.3) is 0 Å². The second-order valence-corrected chi connectivity index (χ2v) is 10.6. The first-order chi connectivity index (χ1) is 12.9. The molecule has 8 heteroatoms. The van der Waals surface area contributed by atoms with Gasteiger partial charge < -0.3 is 10.1 Å². The van der Waals surface area contributed by atoms with Gasteiger partial charge in [0.2, 0.25) is 10.0 Å². The van der Waals surface area contributed by atoms with Crippen LogP contribution in [0.2, 0.25) is 0 Å². The number of ether oxygens (including phenoxy) is 1. The highest BCUT2D eigenvalue weighted by molar-refractivity contribution is 7.89. The molecule has 1 heterocycles. The van der Waals surface area contributed by atoms with E-state index in [2.05, 4.69) is 5.32 Å². The summed E-state index contributed by atoms with van der Waals surface area (Å²) in [5, 5.41) is 2.70. The zero-order valence-electron chi connectivity index (χ0n) is 17.2. The van der Waals surface area contributed by atoms with Crippen LogP contribution in [-0.4, -0.2) is 49.8 Å². The Hall–Kier alpha value is -1.93. The van der Waals surface area contributed by atoms with Crippen LogP contribution in [0.3, 0.4) is 0 Å². The lowest BCUT2D eigenvalue weighted by Gasteiger charge is -2.34. The highest BCUT2D eigenvalue weighted by Crippen LogP contribution is 2.26. The SMILES string of the molecule is C[C@H]1C[C@H](C)CN(S(=O)(=O)c2ccc(C(=O)OCC(=O)NC(C)(C)C)cc2)C1. The summed E-state index contributed by atoms with van der Waals surface area (Å²) in [6, 6.07) is 5.64. The number of benzene rings is 1. The molecule has 156 valence electrons. The van der Waals surface area contributed by atoms with Gasteiger partial charge in [0, 0.05) is 18.6 Å². The van der Waals surface area contributed by atoms with E-state index in [9.17, 15) is 18.0 Å². The Kier molecular flexibility index (Phi) is 6.88. The van der Waals surface area contributed by atoms with Gasteiger partial charge >= 0.3 is 5.97 Å². The molecule has 1 saturated heterocycles. The largest absolute Gasteiger partial charge is 0.452 e. The number of nitrogens with one attached hydrogen (secondary N) is 1. The molecule has 1 aromatic carbocycles. The molecule has 0 aliphatic carbocycles. The molecule has 0 radical (unpaired) electrons. The minimum Gasteiger partial charge on any atom is -0.452 e. The number of piperidine rings is 1. The number of hydrogen-bond donors (Lipinski definition) is 1. The van der Waals surface area contributed by atoms with Crippen LogP contribution < -0.4 is 5.32 Å². The van der Waals surface area contributed by atoms with Gasteiger partial charge in [0.15, 0.2) is 6.61 Å². The predicted molar refractivity (Wildman–Crippen MR) is 106 cm³/mol. The van der Waals surface area contributed by atoms with Crippen molar-refractivity contribution in [3.8, 4) is 0 Å². The summed E-state index contributed by atoms with van der Waals surface area (Å²) in [7, 11) is -3.60. The van der Waals surface area contributed by atoms with Gasteiger partial charge in [0.1, 0.15) is 0 Å². The van der Waals surface area contributed by atoms with E-state index in [0.717, 1.165) is 6.42 Å². The van der Waals surface area contributed by atoms with Crippen molar-refractivity contribution in [1.82, 2.24) is 9.62 Å². The van der Waals surface area contributed by atoms with Crippen molar-refractivity contribution in [2.24, 2.45) is 11.8 Å². The minimum atomic E-state index is -3.60. The van der Waals surface area contributed by atoms with Gasteiger partial charge in [0.05, 0.1) is 10.5 Å². The molecular weight excluding hydrogens is 380 g/mol. The van der Waals surface area contributed by atoms with E-state index >= 15 is 0 Å². The number of nitrogens with zero attached hydrogens (tertiary/aromatic N) is 1. The molecule has 1 aliphatic heterocycles. The van der Waals surface area contributed by atoms with Crippen LogP contribution in [0.15, 0.2) is 29.2 Å². The Bertz CT molecular complexity index is 802. The first kappa shape index (κ1) is 22.4. The molecule has 0 bridgehead atoms. The van der Waals surface area contributed by atoms with E-state index in [-0.39, 0.29) is 17.1 Å². The number of carbonyl (C=O) groups excluding carboxylic acids is 2. The van der Waals surface area contributed by atoms with E-state index in [1.807, 2.05) is 34.6 Å². The lowest BCUT2D eigenvalue weighted by atomic mass is 9.94. The number of esters is 1. The Labute approximate surface area is 167 Å². The first-order valence-electron chi connectivity index (χ1n) is 9.47. The standard InChI is InChI=1S/C20H30N2O5S/c1-14-10-15(2)12-22(11-14)28(25,26)17-8-6-16(7-9-17)19(24)27-13-18(23)21-20(3,4)5/h6-9,14-15H,10-13H2,1-5H3,(H,21,23)/t14-,15-/m0/s1. The summed E-state index contributed by atoms with van der Waals surface area (Å²) in [4.78, 5) is 24.0. The number of sulfonamides is 1. The van der Waals surface area contributed by atoms with Gasteiger partial charge in [-0.15, -0.1) is 0 Å². The monoisotopic (exact) mass is 410 g/mol. The average Bonchev–Trinajstić information content (AvgIpc) is 2.57. The third-order valence-corrected chi connectivity index (χ3v) is 6.26. The quantitative estimate of drug-likeness (QED) is 0.753. The number of hydrogen-bond acceptors (Lipinski definition) is 5. The van der Waals surface area contributed by atoms with E-state index in [1.165, 1.54) is 28.6 Å². The van der Waals surface area contributed by atoms with Crippen molar-refractivity contribution in [2.75, 3.05) is 19.7 Å². The third kappa shape index (κ3) is 6.04. The van der Waals surface area contributed by atoms with Crippen molar-refractivity contribution < 1.29 is 22.7 Å². The molecule has 7 nitrogen and oxygen atoms in total. The minimum absolute atomic E-state index is 0.149. The molecular formula is C20H30N2O5S. The fraction of sp³-hybridized carbons (Fsp3) is 0.600. The number of rotatable bonds is 5. The summed E-state index contributed by atoms with van der Waals surface area (Å²) in [5.41, 5.74) is -0.217. The Morgan fingerprint density at radius 2 is 1.64 bits per heavy atom. The van der Waals surface area contributed by atoms with Crippen LogP contribution in [0.4, 0.5) is 0 Å². The highest BCUT2D eigenvalue weighted by Gasteiger charge is 2.31. The summed E-state index contributed by atoms with van der Waals surface area (Å²) < 4.78 is 32.2. The second kappa shape index (κ2) is 8.61. The van der Waals surface area contributed by atoms with Gasteiger partial charge in [-0.1, -0.05) is 13.8 Å². The molecule has 0 spiro atoms. The predicted octanol–water partition coefficient (Wildman–Crippen LogP) is 2.42. The molecule has 0 aromatic heterocycles. The number of carbonyl (C=O) groups is 2. The number of amides is 1. The van der Waals surface area contributed by atoms with Crippen LogP contribution in [0.1, 0.15) is 51.4 Å². The van der Waals surface area contributed by atoms with E-state index in [0.29, 0.717) is 24.9 Å². The lowest BCUT2D eigenvalue weighted by Crippen LogP contribution is -2.42. The fourth-order valence-corrected chi connectivity index (χ4v) is 5.06. The Morgan fingerprint density at radius 3 is 2.14 bits per heavy atom. The Morgan fingerprint density at radius 1 is 1.11 bits per heavy atom. The maximum atomic E-state index is 12.9. The molecule has 1 aliphatic rings. The van der Waals surface area contributed by atoms with Gasteiger partial charge in [-0.05, 0) is 63.3 Å². The molecule has 1 amide bonds. The average molecular weight is 411 g/mol. The highest BCUT2D eigenvalue weighted by atomic mass is 32.2. The van der Waals surface area contributed by atoms with Gasteiger partial charge in [-0.3, -0.25) is 4.79 Å². The van der Waals surface area contributed by atoms with E-state index < -0.39 is 27.4 Å². The molecule has 28 heavy (non-hydrogen) atoms. The topological polar surface area (TPSA) is 92.8 Å². The summed E-state index contributed by atoms with van der Waals surface area (Å²) in [6.45, 7) is 10.2. The molecule has 2 atom stereocenters. The normalized spacial score (nSPS) is 21.2. The fourth-order valence-electron chi connectivity index (χ4n) is 3.38.